The maximum Gasteiger partial charge on any atom is 0.270 e. The Labute approximate surface area is 185 Å². The minimum absolute atomic E-state index is 0.0399. The summed E-state index contributed by atoms with van der Waals surface area (Å²) in [7, 11) is 0. The summed E-state index contributed by atoms with van der Waals surface area (Å²) in [5, 5.41) is 12.3. The molecule has 2 saturated carbocycles. The van der Waals surface area contributed by atoms with Crippen LogP contribution in [0.5, 0.6) is 0 Å². The van der Waals surface area contributed by atoms with E-state index in [4.69, 9.17) is 16.6 Å². The van der Waals surface area contributed by atoms with Crippen molar-refractivity contribution in [3.63, 3.8) is 0 Å². The first-order valence-corrected chi connectivity index (χ1v) is 12.0. The zero-order chi connectivity index (χ0) is 21.1. The highest BCUT2D eigenvalue weighted by molar-refractivity contribution is 8.18. The summed E-state index contributed by atoms with van der Waals surface area (Å²) in [4.78, 5) is 31.5. The summed E-state index contributed by atoms with van der Waals surface area (Å²) in [6.45, 7) is 0. The van der Waals surface area contributed by atoms with E-state index in [1.165, 1.54) is 55.6 Å². The number of carbonyl (C=O) groups excluding carboxylic acids is 1. The topological polar surface area (TPSA) is 75.8 Å². The van der Waals surface area contributed by atoms with E-state index in [9.17, 15) is 14.9 Å². The molecule has 0 aromatic heterocycles. The quantitative estimate of drug-likeness (QED) is 0.313. The van der Waals surface area contributed by atoms with Gasteiger partial charge in [0.15, 0.2) is 5.17 Å². The number of carbonyl (C=O) groups is 1. The lowest BCUT2D eigenvalue weighted by atomic mass is 9.94. The number of amides is 1. The van der Waals surface area contributed by atoms with Crippen LogP contribution in [0.3, 0.4) is 0 Å². The van der Waals surface area contributed by atoms with Crippen LogP contribution in [0.1, 0.15) is 69.8 Å². The highest BCUT2D eigenvalue weighted by Gasteiger charge is 2.39. The normalized spacial score (nSPS) is 24.2. The molecule has 0 bridgehead atoms. The van der Waals surface area contributed by atoms with Gasteiger partial charge in [-0.05, 0) is 49.6 Å². The first-order chi connectivity index (χ1) is 14.5. The van der Waals surface area contributed by atoms with Crippen LogP contribution in [0, 0.1) is 10.1 Å². The lowest BCUT2D eigenvalue weighted by molar-refractivity contribution is -0.384. The molecule has 1 aromatic rings. The minimum atomic E-state index is -0.452. The zero-order valence-corrected chi connectivity index (χ0v) is 18.5. The predicted octanol–water partition coefficient (Wildman–Crippen LogP) is 6.19. The van der Waals surface area contributed by atoms with Gasteiger partial charge in [0.1, 0.15) is 0 Å². The van der Waals surface area contributed by atoms with Crippen molar-refractivity contribution in [3.05, 3.63) is 43.8 Å². The number of halogens is 1. The molecule has 0 radical (unpaired) electrons. The molecule has 4 rings (SSSR count). The first-order valence-electron chi connectivity index (χ1n) is 10.8. The number of amidine groups is 1. The summed E-state index contributed by atoms with van der Waals surface area (Å²) < 4.78 is 0. The molecular weight excluding hydrogens is 422 g/mol. The van der Waals surface area contributed by atoms with E-state index in [0.29, 0.717) is 15.5 Å². The second kappa shape index (κ2) is 9.52. The van der Waals surface area contributed by atoms with Gasteiger partial charge in [0.25, 0.3) is 11.6 Å². The molecule has 0 unspecified atom stereocenters. The van der Waals surface area contributed by atoms with Gasteiger partial charge < -0.3 is 0 Å². The van der Waals surface area contributed by atoms with Crippen LogP contribution >= 0.6 is 23.4 Å². The molecule has 0 spiro atoms. The third-order valence-corrected chi connectivity index (χ3v) is 7.46. The van der Waals surface area contributed by atoms with Crippen LogP contribution in [0.2, 0.25) is 5.02 Å². The van der Waals surface area contributed by atoms with E-state index in [1.807, 2.05) is 4.90 Å². The lowest BCUT2D eigenvalue weighted by Gasteiger charge is -2.31. The van der Waals surface area contributed by atoms with Crippen molar-refractivity contribution in [1.82, 2.24) is 4.90 Å². The number of hydrogen-bond donors (Lipinski definition) is 0. The Kier molecular flexibility index (Phi) is 6.78. The van der Waals surface area contributed by atoms with Crippen LogP contribution in [0.4, 0.5) is 5.69 Å². The van der Waals surface area contributed by atoms with E-state index < -0.39 is 4.92 Å². The Morgan fingerprint density at radius 2 is 1.77 bits per heavy atom. The summed E-state index contributed by atoms with van der Waals surface area (Å²) >= 11 is 7.66. The fourth-order valence-electron chi connectivity index (χ4n) is 4.50. The smallest absolute Gasteiger partial charge is 0.270 e. The molecule has 160 valence electrons. The van der Waals surface area contributed by atoms with Gasteiger partial charge in [-0.2, -0.15) is 0 Å². The van der Waals surface area contributed by atoms with E-state index in [1.54, 1.807) is 6.08 Å². The summed E-state index contributed by atoms with van der Waals surface area (Å²) in [6.07, 6.45) is 13.0. The number of benzene rings is 1. The molecule has 1 aliphatic heterocycles. The van der Waals surface area contributed by atoms with Gasteiger partial charge in [-0.15, -0.1) is 0 Å². The van der Waals surface area contributed by atoms with E-state index >= 15 is 0 Å². The molecule has 30 heavy (non-hydrogen) atoms. The summed E-state index contributed by atoms with van der Waals surface area (Å²) in [5.41, 5.74) is 0.450. The molecule has 1 aromatic carbocycles. The van der Waals surface area contributed by atoms with Crippen molar-refractivity contribution in [1.29, 1.82) is 0 Å². The molecule has 6 nitrogen and oxygen atoms in total. The van der Waals surface area contributed by atoms with Gasteiger partial charge in [-0.3, -0.25) is 24.8 Å². The van der Waals surface area contributed by atoms with Crippen molar-refractivity contribution < 1.29 is 9.72 Å². The first kappa shape index (κ1) is 21.4. The van der Waals surface area contributed by atoms with E-state index in [-0.39, 0.29) is 23.7 Å². The van der Waals surface area contributed by atoms with E-state index in [0.717, 1.165) is 43.7 Å². The fraction of sp³-hybridized carbons (Fsp3) is 0.545. The van der Waals surface area contributed by atoms with Gasteiger partial charge in [-0.25, -0.2) is 0 Å². The molecule has 8 heteroatoms. The molecule has 2 aliphatic carbocycles. The van der Waals surface area contributed by atoms with Gasteiger partial charge >= 0.3 is 0 Å². The third-order valence-electron chi connectivity index (χ3n) is 6.12. The van der Waals surface area contributed by atoms with Crippen molar-refractivity contribution in [2.75, 3.05) is 0 Å². The SMILES string of the molecule is O=C1C(=Cc2cc([N+](=O)[O-])ccc2Cl)SC(=NC2CCCCC2)N1C1CCCCC1. The Bertz CT molecular complexity index is 890. The van der Waals surface area contributed by atoms with Gasteiger partial charge in [0, 0.05) is 28.8 Å². The summed E-state index contributed by atoms with van der Waals surface area (Å²) in [6, 6.07) is 4.77. The maximum absolute atomic E-state index is 13.4. The number of hydrogen-bond acceptors (Lipinski definition) is 5. The molecule has 1 heterocycles. The minimum Gasteiger partial charge on any atom is -0.284 e. The van der Waals surface area contributed by atoms with Crippen LogP contribution in [-0.4, -0.2) is 33.0 Å². The second-order valence-electron chi connectivity index (χ2n) is 8.24. The second-order valence-corrected chi connectivity index (χ2v) is 9.66. The largest absolute Gasteiger partial charge is 0.284 e. The van der Waals surface area contributed by atoms with Crippen molar-refractivity contribution in [2.45, 2.75) is 76.3 Å². The number of thioether (sulfide) groups is 1. The molecule has 1 amide bonds. The number of nitro benzene ring substituents is 1. The fourth-order valence-corrected chi connectivity index (χ4v) is 5.77. The number of rotatable bonds is 4. The molecule has 1 saturated heterocycles. The highest BCUT2D eigenvalue weighted by atomic mass is 35.5. The molecule has 3 aliphatic rings. The molecule has 0 N–H and O–H groups in total. The van der Waals surface area contributed by atoms with Crippen LogP contribution < -0.4 is 0 Å². The summed E-state index contributed by atoms with van der Waals surface area (Å²) in [5.74, 6) is -0.0518. The van der Waals surface area contributed by atoms with Crippen LogP contribution in [0.25, 0.3) is 6.08 Å². The average molecular weight is 448 g/mol. The standard InChI is InChI=1S/C22H26ClN3O3S/c23-19-12-11-18(26(28)29)13-15(19)14-20-21(27)25(17-9-5-2-6-10-17)22(30-20)24-16-7-3-1-4-8-16/h11-14,16-17H,1-10H2. The number of non-ortho nitro benzene ring substituents is 1. The number of nitrogens with zero attached hydrogens (tertiary/aromatic N) is 3. The monoisotopic (exact) mass is 447 g/mol. The molecular formula is C22H26ClN3O3S. The van der Waals surface area contributed by atoms with Crippen molar-refractivity contribution >= 4 is 46.2 Å². The lowest BCUT2D eigenvalue weighted by Crippen LogP contribution is -2.41. The van der Waals surface area contributed by atoms with Gasteiger partial charge in [0.2, 0.25) is 0 Å². The Balaban J connectivity index is 1.67. The van der Waals surface area contributed by atoms with Crippen LogP contribution in [-0.2, 0) is 4.79 Å². The number of nitro groups is 1. The molecule has 3 fully saturated rings. The molecule has 0 atom stereocenters. The van der Waals surface area contributed by atoms with E-state index in [2.05, 4.69) is 0 Å². The van der Waals surface area contributed by atoms with Gasteiger partial charge in [-0.1, -0.05) is 50.1 Å². The van der Waals surface area contributed by atoms with Crippen LogP contribution in [0.15, 0.2) is 28.1 Å². The predicted molar refractivity (Wildman–Crippen MR) is 122 cm³/mol. The highest BCUT2D eigenvalue weighted by Crippen LogP contribution is 2.39. The Morgan fingerprint density at radius 3 is 2.43 bits per heavy atom. The number of aliphatic imine (C=N–C) groups is 1. The third kappa shape index (κ3) is 4.72. The average Bonchev–Trinajstić information content (AvgIpc) is 3.05. The van der Waals surface area contributed by atoms with Crippen molar-refractivity contribution in [3.8, 4) is 0 Å². The Morgan fingerprint density at radius 1 is 1.10 bits per heavy atom. The Hall–Kier alpha value is -1.86. The van der Waals surface area contributed by atoms with Gasteiger partial charge in [0.05, 0.1) is 15.9 Å². The zero-order valence-electron chi connectivity index (χ0n) is 16.9. The van der Waals surface area contributed by atoms with Crippen molar-refractivity contribution in [2.24, 2.45) is 4.99 Å². The maximum atomic E-state index is 13.4.